The maximum absolute atomic E-state index is 13.0. The van der Waals surface area contributed by atoms with E-state index in [9.17, 15) is 13.3 Å². The largest absolute Gasteiger partial charge is 0.579 e. The highest BCUT2D eigenvalue weighted by Gasteiger charge is 2.24. The molecule has 2 atom stereocenters. The third kappa shape index (κ3) is 3.90. The van der Waals surface area contributed by atoms with Crippen molar-refractivity contribution in [1.29, 1.82) is 0 Å². The van der Waals surface area contributed by atoms with Gasteiger partial charge in [0.15, 0.2) is 11.5 Å². The molecule has 0 aliphatic carbocycles. The quantitative estimate of drug-likeness (QED) is 0.605. The SMILES string of the molecule is N[S+]([O-])N[C@H]1CCCN(c2ccnc(-c3cnc4cnc(C(F)F)cn34)n2)C1. The van der Waals surface area contributed by atoms with Crippen molar-refractivity contribution in [3.63, 3.8) is 0 Å². The molecule has 1 aliphatic rings. The molecule has 1 saturated heterocycles. The normalized spacial score (nSPS) is 18.8. The van der Waals surface area contributed by atoms with E-state index in [2.05, 4.69) is 29.6 Å². The first-order valence-corrected chi connectivity index (χ1v) is 9.84. The van der Waals surface area contributed by atoms with E-state index < -0.39 is 18.0 Å². The molecule has 0 bridgehead atoms. The summed E-state index contributed by atoms with van der Waals surface area (Å²) in [5.41, 5.74) is 0.583. The monoisotopic (exact) mass is 408 g/mol. The van der Waals surface area contributed by atoms with E-state index in [4.69, 9.17) is 5.14 Å². The molecule has 0 aromatic carbocycles. The minimum absolute atomic E-state index is 0.00605. The summed E-state index contributed by atoms with van der Waals surface area (Å²) in [6.45, 7) is 1.39. The van der Waals surface area contributed by atoms with E-state index in [1.165, 1.54) is 23.0 Å². The molecule has 1 fully saturated rings. The number of halogens is 2. The second kappa shape index (κ2) is 7.91. The van der Waals surface area contributed by atoms with Gasteiger partial charge in [0, 0.05) is 25.5 Å². The van der Waals surface area contributed by atoms with Gasteiger partial charge in [-0.2, -0.15) is 0 Å². The van der Waals surface area contributed by atoms with Crippen LogP contribution in [0.25, 0.3) is 17.2 Å². The zero-order valence-electron chi connectivity index (χ0n) is 14.7. The number of nitrogens with zero attached hydrogens (tertiary/aromatic N) is 6. The van der Waals surface area contributed by atoms with Gasteiger partial charge in [-0.05, 0) is 18.9 Å². The maximum atomic E-state index is 13.0. The average molecular weight is 408 g/mol. The third-order valence-electron chi connectivity index (χ3n) is 4.54. The van der Waals surface area contributed by atoms with Gasteiger partial charge in [-0.1, -0.05) is 0 Å². The number of anilines is 1. The number of rotatable bonds is 5. The van der Waals surface area contributed by atoms with Gasteiger partial charge >= 0.3 is 0 Å². The molecular weight excluding hydrogens is 390 g/mol. The standard InChI is InChI=1S/C16H18F2N8OS/c17-15(18)11-9-26-12(6-22-14(26)7-21-11)16-20-4-3-13(23-16)25-5-1-2-10(8-25)24-28(19)27/h3-4,6-7,9-10,15,24H,1-2,5,8,19H2/t10-,28?/m0/s1. The average Bonchev–Trinajstić information content (AvgIpc) is 3.11. The molecule has 1 aliphatic heterocycles. The Bertz CT molecular complexity index is 969. The summed E-state index contributed by atoms with van der Waals surface area (Å²) in [6, 6.07) is 1.77. The number of nitrogens with one attached hydrogen (secondary N) is 1. The highest BCUT2D eigenvalue weighted by Crippen LogP contribution is 2.24. The van der Waals surface area contributed by atoms with Crippen molar-refractivity contribution >= 4 is 23.0 Å². The zero-order chi connectivity index (χ0) is 19.7. The Labute approximate surface area is 162 Å². The number of nitrogens with two attached hydrogens (primary N) is 1. The van der Waals surface area contributed by atoms with Crippen LogP contribution in [0.2, 0.25) is 0 Å². The third-order valence-corrected chi connectivity index (χ3v) is 5.10. The molecule has 4 rings (SSSR count). The van der Waals surface area contributed by atoms with Gasteiger partial charge in [-0.25, -0.2) is 28.7 Å². The van der Waals surface area contributed by atoms with Crippen LogP contribution in [0, 0.1) is 0 Å². The van der Waals surface area contributed by atoms with E-state index in [1.807, 2.05) is 0 Å². The number of piperidine rings is 1. The van der Waals surface area contributed by atoms with Gasteiger partial charge in [-0.3, -0.25) is 4.40 Å². The zero-order valence-corrected chi connectivity index (χ0v) is 15.5. The Kier molecular flexibility index (Phi) is 5.35. The summed E-state index contributed by atoms with van der Waals surface area (Å²) >= 11 is -1.57. The van der Waals surface area contributed by atoms with Gasteiger partial charge in [0.05, 0.1) is 18.4 Å². The number of imidazole rings is 1. The Hall–Kier alpha value is -2.41. The Morgan fingerprint density at radius 1 is 1.29 bits per heavy atom. The molecule has 0 spiro atoms. The summed E-state index contributed by atoms with van der Waals surface area (Å²) in [5.74, 6) is 1.06. The van der Waals surface area contributed by atoms with Crippen LogP contribution >= 0.6 is 0 Å². The van der Waals surface area contributed by atoms with Gasteiger partial charge < -0.3 is 9.45 Å². The van der Waals surface area contributed by atoms with Crippen molar-refractivity contribution in [3.8, 4) is 11.5 Å². The summed E-state index contributed by atoms with van der Waals surface area (Å²) in [4.78, 5) is 18.8. The fourth-order valence-corrected chi connectivity index (χ4v) is 3.80. The molecule has 9 nitrogen and oxygen atoms in total. The van der Waals surface area contributed by atoms with Crippen LogP contribution in [-0.4, -0.2) is 48.0 Å². The topological polar surface area (TPSA) is 120 Å². The first-order valence-electron chi connectivity index (χ1n) is 8.63. The lowest BCUT2D eigenvalue weighted by atomic mass is 10.1. The van der Waals surface area contributed by atoms with Gasteiger partial charge in [0.2, 0.25) is 0 Å². The smallest absolute Gasteiger partial charge is 0.281 e. The van der Waals surface area contributed by atoms with Crippen LogP contribution in [0.15, 0.2) is 30.9 Å². The van der Waals surface area contributed by atoms with Gasteiger partial charge in [-0.15, -0.1) is 9.86 Å². The minimum Gasteiger partial charge on any atom is -0.579 e. The predicted molar refractivity (Wildman–Crippen MR) is 99.7 cm³/mol. The molecular formula is C16H18F2N8OS. The van der Waals surface area contributed by atoms with Crippen LogP contribution in [0.4, 0.5) is 14.6 Å². The molecule has 148 valence electrons. The lowest BCUT2D eigenvalue weighted by Crippen LogP contribution is -2.49. The lowest BCUT2D eigenvalue weighted by molar-refractivity contribution is 0.145. The van der Waals surface area contributed by atoms with Crippen molar-refractivity contribution in [2.45, 2.75) is 25.3 Å². The highest BCUT2D eigenvalue weighted by atomic mass is 32.2. The highest BCUT2D eigenvalue weighted by molar-refractivity contribution is 7.87. The number of alkyl halides is 2. The molecule has 12 heteroatoms. The van der Waals surface area contributed by atoms with Crippen molar-refractivity contribution in [3.05, 3.63) is 36.5 Å². The Balaban J connectivity index is 1.64. The van der Waals surface area contributed by atoms with Crippen LogP contribution < -0.4 is 14.8 Å². The molecule has 3 aromatic rings. The molecule has 28 heavy (non-hydrogen) atoms. The number of hydrogen-bond donors (Lipinski definition) is 2. The van der Waals surface area contributed by atoms with E-state index in [1.54, 1.807) is 12.3 Å². The van der Waals surface area contributed by atoms with Crippen LogP contribution in [0.3, 0.4) is 0 Å². The summed E-state index contributed by atoms with van der Waals surface area (Å²) < 4.78 is 41.6. The van der Waals surface area contributed by atoms with E-state index >= 15 is 0 Å². The first kappa shape index (κ1) is 18.9. The maximum Gasteiger partial charge on any atom is 0.281 e. The first-order chi connectivity index (χ1) is 13.5. The van der Waals surface area contributed by atoms with Crippen molar-refractivity contribution in [1.82, 2.24) is 29.1 Å². The van der Waals surface area contributed by atoms with E-state index in [0.717, 1.165) is 19.4 Å². The lowest BCUT2D eigenvalue weighted by Gasteiger charge is -2.33. The van der Waals surface area contributed by atoms with E-state index in [-0.39, 0.29) is 11.7 Å². The molecule has 3 aromatic heterocycles. The van der Waals surface area contributed by atoms with Crippen LogP contribution in [-0.2, 0) is 11.5 Å². The summed E-state index contributed by atoms with van der Waals surface area (Å²) in [6.07, 6.45) is 4.77. The molecule has 0 saturated carbocycles. The minimum atomic E-state index is -2.68. The van der Waals surface area contributed by atoms with Crippen LogP contribution in [0.5, 0.6) is 0 Å². The molecule has 4 heterocycles. The predicted octanol–water partition coefficient (Wildman–Crippen LogP) is 1.22. The summed E-state index contributed by atoms with van der Waals surface area (Å²) in [5, 5.41) is 5.33. The van der Waals surface area contributed by atoms with Gasteiger partial charge in [0.25, 0.3) is 6.43 Å². The molecule has 0 amide bonds. The second-order valence-electron chi connectivity index (χ2n) is 6.42. The molecule has 3 N–H and O–H groups in total. The van der Waals surface area contributed by atoms with Gasteiger partial charge in [0.1, 0.15) is 28.8 Å². The fraction of sp³-hybridized carbons (Fsp3) is 0.375. The van der Waals surface area contributed by atoms with Crippen molar-refractivity contribution < 1.29 is 13.3 Å². The Morgan fingerprint density at radius 3 is 2.93 bits per heavy atom. The number of aromatic nitrogens is 5. The van der Waals surface area contributed by atoms with Crippen LogP contribution in [0.1, 0.15) is 25.0 Å². The fourth-order valence-electron chi connectivity index (χ4n) is 3.28. The van der Waals surface area contributed by atoms with E-state index in [0.29, 0.717) is 29.5 Å². The number of hydrogen-bond acceptors (Lipinski definition) is 8. The van der Waals surface area contributed by atoms with Crippen molar-refractivity contribution in [2.24, 2.45) is 5.14 Å². The second-order valence-corrected chi connectivity index (χ2v) is 7.25. The number of fused-ring (bicyclic) bond motifs is 1. The van der Waals surface area contributed by atoms with Crippen molar-refractivity contribution in [2.75, 3.05) is 18.0 Å². The molecule has 0 radical (unpaired) electrons. The Morgan fingerprint density at radius 2 is 2.14 bits per heavy atom. The summed E-state index contributed by atoms with van der Waals surface area (Å²) in [7, 11) is 0. The molecule has 1 unspecified atom stereocenters.